The zero-order chi connectivity index (χ0) is 17.3. The Morgan fingerprint density at radius 2 is 2.12 bits per heavy atom. The predicted octanol–water partition coefficient (Wildman–Crippen LogP) is 3.11. The summed E-state index contributed by atoms with van der Waals surface area (Å²) in [6.45, 7) is 4.63. The summed E-state index contributed by atoms with van der Waals surface area (Å²) in [7, 11) is -3.02. The van der Waals surface area contributed by atoms with Crippen LogP contribution in [0, 0.1) is 5.92 Å². The lowest BCUT2D eigenvalue weighted by Crippen LogP contribution is -2.40. The molecule has 2 heterocycles. The zero-order valence-corrected chi connectivity index (χ0v) is 15.3. The number of rotatable bonds is 7. The summed E-state index contributed by atoms with van der Waals surface area (Å²) < 4.78 is 29.6. The molecule has 1 aromatic heterocycles. The Kier molecular flexibility index (Phi) is 5.04. The van der Waals surface area contributed by atoms with E-state index in [1.165, 1.54) is 0 Å². The van der Waals surface area contributed by atoms with E-state index in [0.29, 0.717) is 31.2 Å². The molecule has 6 heteroatoms. The average Bonchev–Trinajstić information content (AvgIpc) is 2.94. The largest absolute Gasteiger partial charge is 0.464 e. The van der Waals surface area contributed by atoms with Gasteiger partial charge < -0.3 is 9.32 Å². The molecule has 0 spiro atoms. The Morgan fingerprint density at radius 1 is 1.38 bits per heavy atom. The van der Waals surface area contributed by atoms with Gasteiger partial charge in [0.05, 0.1) is 18.1 Å². The molecular weight excluding hydrogens is 326 g/mol. The maximum Gasteiger partial charge on any atom is 0.223 e. The highest BCUT2D eigenvalue weighted by Gasteiger charge is 2.38. The van der Waals surface area contributed by atoms with Gasteiger partial charge in [-0.2, -0.15) is 0 Å². The van der Waals surface area contributed by atoms with Crippen LogP contribution in [0.3, 0.4) is 0 Å². The minimum absolute atomic E-state index is 0.0386. The number of carbonyl (C=O) groups excluding carboxylic acids is 1. The van der Waals surface area contributed by atoms with Gasteiger partial charge in [0.25, 0.3) is 0 Å². The van der Waals surface area contributed by atoms with E-state index in [1.54, 1.807) is 4.90 Å². The number of carbonyl (C=O) groups is 1. The van der Waals surface area contributed by atoms with Crippen molar-refractivity contribution in [1.82, 2.24) is 4.90 Å². The normalized spacial score (nSPS) is 28.0. The van der Waals surface area contributed by atoms with Crippen LogP contribution >= 0.6 is 0 Å². The van der Waals surface area contributed by atoms with Crippen LogP contribution in [0.4, 0.5) is 0 Å². The lowest BCUT2D eigenvalue weighted by molar-refractivity contribution is -0.134. The fourth-order valence-electron chi connectivity index (χ4n) is 3.48. The highest BCUT2D eigenvalue weighted by atomic mass is 32.2. The summed E-state index contributed by atoms with van der Waals surface area (Å²) in [6.07, 6.45) is 3.95. The summed E-state index contributed by atoms with van der Waals surface area (Å²) in [5.74, 6) is 3.24. The van der Waals surface area contributed by atoms with E-state index >= 15 is 0 Å². The van der Waals surface area contributed by atoms with Crippen molar-refractivity contribution in [3.05, 3.63) is 23.7 Å². The van der Waals surface area contributed by atoms with Crippen LogP contribution < -0.4 is 0 Å². The quantitative estimate of drug-likeness (QED) is 0.755. The van der Waals surface area contributed by atoms with Crippen LogP contribution in [0.15, 0.2) is 16.5 Å². The van der Waals surface area contributed by atoms with Gasteiger partial charge in [-0.05, 0) is 37.3 Å². The lowest BCUT2D eigenvalue weighted by Gasteiger charge is -2.27. The van der Waals surface area contributed by atoms with E-state index in [4.69, 9.17) is 4.42 Å². The van der Waals surface area contributed by atoms with Crippen LogP contribution in [-0.4, -0.2) is 36.8 Å². The smallest absolute Gasteiger partial charge is 0.223 e. The molecule has 0 N–H and O–H groups in total. The van der Waals surface area contributed by atoms with Crippen LogP contribution in [0.2, 0.25) is 0 Å². The summed E-state index contributed by atoms with van der Waals surface area (Å²) in [4.78, 5) is 14.3. The highest BCUT2D eigenvalue weighted by Crippen LogP contribution is 2.47. The SMILES string of the molecule is CCCCC(=O)N(Cc1ccc(C2CC2C)o1)C1CCS(=O)(=O)C1. The number of sulfone groups is 1. The van der Waals surface area contributed by atoms with Crippen molar-refractivity contribution in [2.24, 2.45) is 5.92 Å². The average molecular weight is 353 g/mol. The number of hydrogen-bond donors (Lipinski definition) is 0. The third-order valence-electron chi connectivity index (χ3n) is 5.20. The van der Waals surface area contributed by atoms with Crippen molar-refractivity contribution in [3.8, 4) is 0 Å². The van der Waals surface area contributed by atoms with Crippen molar-refractivity contribution in [2.75, 3.05) is 11.5 Å². The van der Waals surface area contributed by atoms with Gasteiger partial charge in [0.15, 0.2) is 9.84 Å². The molecule has 0 radical (unpaired) electrons. The maximum absolute atomic E-state index is 12.6. The first kappa shape index (κ1) is 17.5. The Labute approximate surface area is 144 Å². The van der Waals surface area contributed by atoms with Crippen LogP contribution in [-0.2, 0) is 21.2 Å². The first-order valence-corrected chi connectivity index (χ1v) is 10.8. The van der Waals surface area contributed by atoms with Gasteiger partial charge in [-0.3, -0.25) is 4.79 Å². The first-order valence-electron chi connectivity index (χ1n) is 8.98. The number of amides is 1. The standard InChI is InChI=1S/C18H27NO4S/c1-3-4-5-18(20)19(14-8-9-24(21,22)12-14)11-15-6-7-17(23-15)16-10-13(16)2/h6-7,13-14,16H,3-5,8-12H2,1-2H3. The Balaban J connectivity index is 1.71. The van der Waals surface area contributed by atoms with Crippen molar-refractivity contribution < 1.29 is 17.6 Å². The van der Waals surface area contributed by atoms with Crippen LogP contribution in [0.5, 0.6) is 0 Å². The van der Waals surface area contributed by atoms with Gasteiger partial charge in [0.1, 0.15) is 11.5 Å². The third kappa shape index (κ3) is 4.02. The zero-order valence-electron chi connectivity index (χ0n) is 14.5. The molecule has 1 saturated heterocycles. The fraction of sp³-hybridized carbons (Fsp3) is 0.722. The van der Waals surface area contributed by atoms with E-state index in [1.807, 2.05) is 19.1 Å². The molecule has 1 aromatic rings. The molecule has 2 fully saturated rings. The number of hydrogen-bond acceptors (Lipinski definition) is 4. The Bertz CT molecular complexity index is 694. The third-order valence-corrected chi connectivity index (χ3v) is 6.95. The van der Waals surface area contributed by atoms with Crippen molar-refractivity contribution >= 4 is 15.7 Å². The fourth-order valence-corrected chi connectivity index (χ4v) is 5.21. The molecule has 1 aliphatic heterocycles. The Hall–Kier alpha value is -1.30. The first-order chi connectivity index (χ1) is 11.4. The van der Waals surface area contributed by atoms with Crippen molar-refractivity contribution in [2.45, 2.75) is 64.5 Å². The molecule has 1 amide bonds. The number of unbranched alkanes of at least 4 members (excludes halogenated alkanes) is 1. The molecular formula is C18H27NO4S. The maximum atomic E-state index is 12.6. The molecule has 2 aliphatic rings. The van der Waals surface area contributed by atoms with Gasteiger partial charge in [-0.25, -0.2) is 8.42 Å². The summed E-state index contributed by atoms with van der Waals surface area (Å²) in [6, 6.07) is 3.72. The van der Waals surface area contributed by atoms with Crippen LogP contribution in [0.1, 0.15) is 63.4 Å². The van der Waals surface area contributed by atoms with Crippen molar-refractivity contribution in [1.29, 1.82) is 0 Å². The highest BCUT2D eigenvalue weighted by molar-refractivity contribution is 7.91. The minimum atomic E-state index is -3.02. The van der Waals surface area contributed by atoms with Gasteiger partial charge in [0.2, 0.25) is 5.91 Å². The number of furan rings is 1. The second kappa shape index (κ2) is 6.90. The molecule has 1 aliphatic carbocycles. The molecule has 134 valence electrons. The summed E-state index contributed by atoms with van der Waals surface area (Å²) >= 11 is 0. The molecule has 1 saturated carbocycles. The summed E-state index contributed by atoms with van der Waals surface area (Å²) in [5.41, 5.74) is 0. The van der Waals surface area contributed by atoms with E-state index in [9.17, 15) is 13.2 Å². The predicted molar refractivity (Wildman–Crippen MR) is 92.4 cm³/mol. The Morgan fingerprint density at radius 3 is 2.71 bits per heavy atom. The minimum Gasteiger partial charge on any atom is -0.464 e. The summed E-state index contributed by atoms with van der Waals surface area (Å²) in [5, 5.41) is 0. The van der Waals surface area contributed by atoms with Gasteiger partial charge in [0, 0.05) is 18.4 Å². The molecule has 3 unspecified atom stereocenters. The molecule has 0 aromatic carbocycles. The number of nitrogens with zero attached hydrogens (tertiary/aromatic N) is 1. The van der Waals surface area contributed by atoms with Crippen molar-refractivity contribution in [3.63, 3.8) is 0 Å². The lowest BCUT2D eigenvalue weighted by atomic mass is 10.1. The van der Waals surface area contributed by atoms with E-state index in [-0.39, 0.29) is 23.5 Å². The van der Waals surface area contributed by atoms with Gasteiger partial charge in [-0.1, -0.05) is 20.3 Å². The monoisotopic (exact) mass is 353 g/mol. The van der Waals surface area contributed by atoms with E-state index in [2.05, 4.69) is 6.92 Å². The molecule has 3 rings (SSSR count). The molecule has 24 heavy (non-hydrogen) atoms. The van der Waals surface area contributed by atoms with Crippen LogP contribution in [0.25, 0.3) is 0 Å². The van der Waals surface area contributed by atoms with Gasteiger partial charge in [-0.15, -0.1) is 0 Å². The second-order valence-corrected chi connectivity index (χ2v) is 9.53. The molecule has 0 bridgehead atoms. The van der Waals surface area contributed by atoms with E-state index in [0.717, 1.165) is 30.8 Å². The molecule has 3 atom stereocenters. The second-order valence-electron chi connectivity index (χ2n) is 7.31. The topological polar surface area (TPSA) is 67.6 Å². The van der Waals surface area contributed by atoms with E-state index < -0.39 is 9.84 Å². The molecule has 5 nitrogen and oxygen atoms in total. The van der Waals surface area contributed by atoms with Gasteiger partial charge >= 0.3 is 0 Å².